The van der Waals surface area contributed by atoms with Crippen molar-refractivity contribution in [2.45, 2.75) is 66.2 Å². The molecule has 2 aromatic carbocycles. The Morgan fingerprint density at radius 1 is 0.625 bits per heavy atom. The van der Waals surface area contributed by atoms with Gasteiger partial charge < -0.3 is 18.9 Å². The molecule has 0 saturated heterocycles. The largest absolute Gasteiger partial charge is 0.462 e. The van der Waals surface area contributed by atoms with E-state index in [0.29, 0.717) is 23.7 Å². The summed E-state index contributed by atoms with van der Waals surface area (Å²) >= 11 is 37.6. The summed E-state index contributed by atoms with van der Waals surface area (Å²) in [7, 11) is 0. The summed E-state index contributed by atoms with van der Waals surface area (Å²) in [6.07, 6.45) is 6.41. The molecule has 4 atom stereocenters. The molecule has 2 saturated carbocycles. The average molecular weight is 785 g/mol. The maximum Gasteiger partial charge on any atom is 0.423 e. The van der Waals surface area contributed by atoms with E-state index in [-0.39, 0.29) is 55.2 Å². The van der Waals surface area contributed by atoms with E-state index < -0.39 is 46.5 Å². The van der Waals surface area contributed by atoms with Crippen molar-refractivity contribution in [3.63, 3.8) is 0 Å². The number of ether oxygens (including phenoxy) is 4. The number of benzene rings is 2. The molecule has 8 nitrogen and oxygen atoms in total. The predicted molar refractivity (Wildman–Crippen MR) is 186 cm³/mol. The summed E-state index contributed by atoms with van der Waals surface area (Å²) in [5.74, 6) is -4.32. The molecule has 48 heavy (non-hydrogen) atoms. The smallest absolute Gasteiger partial charge is 0.423 e. The van der Waals surface area contributed by atoms with Crippen molar-refractivity contribution < 1.29 is 38.1 Å². The lowest BCUT2D eigenvalue weighted by molar-refractivity contribution is -0.156. The van der Waals surface area contributed by atoms with Crippen LogP contribution in [0.1, 0.15) is 86.9 Å². The lowest BCUT2D eigenvalue weighted by Crippen LogP contribution is -2.28. The molecule has 4 rings (SSSR count). The molecule has 0 amide bonds. The standard InChI is InChI=1S/C34H36Cl6O8/c1-5-19(17-7-8-17)15(3)13-45-31(41)25-27(39)21(35)11-23(37)29(25)47-33(43)34(44)48-30-24(38)12-22(36)28(40)26(30)32(42)46-14-16(4)20(6-2)18-9-10-18/h11-12,15-20H,5-10,13-14H2,1-4H3. The summed E-state index contributed by atoms with van der Waals surface area (Å²) < 4.78 is 21.5. The average Bonchev–Trinajstić information content (AvgIpc) is 3.97. The normalized spacial score (nSPS) is 16.8. The molecule has 0 spiro atoms. The third-order valence-electron chi connectivity index (χ3n) is 9.03. The molecule has 0 bridgehead atoms. The van der Waals surface area contributed by atoms with Crippen molar-refractivity contribution in [2.24, 2.45) is 35.5 Å². The van der Waals surface area contributed by atoms with Crippen LogP contribution < -0.4 is 9.47 Å². The Bertz CT molecular complexity index is 1460. The highest BCUT2D eigenvalue weighted by Gasteiger charge is 2.37. The van der Waals surface area contributed by atoms with Crippen LogP contribution in [0.2, 0.25) is 30.1 Å². The van der Waals surface area contributed by atoms with Gasteiger partial charge in [0.15, 0.2) is 11.5 Å². The van der Waals surface area contributed by atoms with E-state index in [4.69, 9.17) is 88.6 Å². The van der Waals surface area contributed by atoms with Crippen LogP contribution in [0.15, 0.2) is 12.1 Å². The topological polar surface area (TPSA) is 105 Å². The molecule has 2 fully saturated rings. The van der Waals surface area contributed by atoms with Gasteiger partial charge in [0.1, 0.15) is 11.1 Å². The van der Waals surface area contributed by atoms with Gasteiger partial charge in [-0.3, -0.25) is 0 Å². The van der Waals surface area contributed by atoms with Crippen molar-refractivity contribution in [2.75, 3.05) is 13.2 Å². The van der Waals surface area contributed by atoms with Gasteiger partial charge in [-0.15, -0.1) is 0 Å². The maximum atomic E-state index is 13.3. The van der Waals surface area contributed by atoms with E-state index in [1.807, 2.05) is 13.8 Å². The third-order valence-corrected chi connectivity index (χ3v) is 11.2. The molecule has 2 aliphatic carbocycles. The molecular weight excluding hydrogens is 749 g/mol. The van der Waals surface area contributed by atoms with Gasteiger partial charge in [0, 0.05) is 0 Å². The van der Waals surface area contributed by atoms with Gasteiger partial charge in [-0.2, -0.15) is 0 Å². The Morgan fingerprint density at radius 2 is 0.958 bits per heavy atom. The number of esters is 4. The van der Waals surface area contributed by atoms with Crippen LogP contribution in [-0.4, -0.2) is 37.1 Å². The van der Waals surface area contributed by atoms with E-state index in [1.165, 1.54) is 0 Å². The first-order valence-electron chi connectivity index (χ1n) is 15.8. The van der Waals surface area contributed by atoms with Gasteiger partial charge in [-0.25, -0.2) is 19.2 Å². The molecule has 262 valence electrons. The highest BCUT2D eigenvalue weighted by Crippen LogP contribution is 2.45. The Morgan fingerprint density at radius 3 is 1.25 bits per heavy atom. The SMILES string of the molecule is CCC(C(C)COC(=O)c1c(Cl)c(Cl)cc(Cl)c1OC(=O)C(=O)Oc1c(Cl)cc(Cl)c(Cl)c1C(=O)OCC(C)C(CC)C1CC1)C1CC1. The molecule has 2 aliphatic rings. The molecular formula is C34H36Cl6O8. The van der Waals surface area contributed by atoms with E-state index in [1.54, 1.807) is 0 Å². The molecule has 0 heterocycles. The summed E-state index contributed by atoms with van der Waals surface area (Å²) in [4.78, 5) is 52.6. The zero-order valence-electron chi connectivity index (χ0n) is 26.8. The van der Waals surface area contributed by atoms with Crippen LogP contribution in [0.3, 0.4) is 0 Å². The second-order valence-corrected chi connectivity index (χ2v) is 14.9. The quantitative estimate of drug-likeness (QED) is 0.0807. The monoisotopic (exact) mass is 782 g/mol. The number of halogens is 6. The summed E-state index contributed by atoms with van der Waals surface area (Å²) in [5, 5.41) is -1.45. The summed E-state index contributed by atoms with van der Waals surface area (Å²) in [5.41, 5.74) is -0.908. The first-order chi connectivity index (χ1) is 22.7. The van der Waals surface area contributed by atoms with Crippen molar-refractivity contribution in [3.8, 4) is 11.5 Å². The van der Waals surface area contributed by atoms with Gasteiger partial charge >= 0.3 is 23.9 Å². The molecule has 0 aromatic heterocycles. The Labute approximate surface area is 309 Å². The van der Waals surface area contributed by atoms with E-state index >= 15 is 0 Å². The number of carbonyl (C=O) groups excluding carboxylic acids is 4. The van der Waals surface area contributed by atoms with Crippen molar-refractivity contribution >= 4 is 93.5 Å². The molecule has 2 aromatic rings. The fraction of sp³-hybridized carbons (Fsp3) is 0.529. The van der Waals surface area contributed by atoms with Crippen LogP contribution in [0.5, 0.6) is 11.5 Å². The van der Waals surface area contributed by atoms with E-state index in [9.17, 15) is 19.2 Å². The Kier molecular flexibility index (Phi) is 13.6. The van der Waals surface area contributed by atoms with Gasteiger partial charge in [0.2, 0.25) is 0 Å². The highest BCUT2D eigenvalue weighted by atomic mass is 35.5. The number of hydrogen-bond donors (Lipinski definition) is 0. The zero-order chi connectivity index (χ0) is 35.4. The lowest BCUT2D eigenvalue weighted by atomic mass is 9.88. The van der Waals surface area contributed by atoms with Crippen LogP contribution >= 0.6 is 69.6 Å². The van der Waals surface area contributed by atoms with Gasteiger partial charge in [0.05, 0.1) is 43.3 Å². The predicted octanol–water partition coefficient (Wildman–Crippen LogP) is 10.6. The fourth-order valence-electron chi connectivity index (χ4n) is 6.25. The highest BCUT2D eigenvalue weighted by molar-refractivity contribution is 6.47. The van der Waals surface area contributed by atoms with Gasteiger partial charge in [-0.1, -0.05) is 110 Å². The second-order valence-electron chi connectivity index (χ2n) is 12.5. The number of carbonyl (C=O) groups is 4. The van der Waals surface area contributed by atoms with Gasteiger partial charge in [0.25, 0.3) is 0 Å². The molecule has 14 heteroatoms. The van der Waals surface area contributed by atoms with Crippen LogP contribution in [0.4, 0.5) is 0 Å². The van der Waals surface area contributed by atoms with E-state index in [0.717, 1.165) is 50.7 Å². The maximum absolute atomic E-state index is 13.3. The summed E-state index contributed by atoms with van der Waals surface area (Å²) in [6, 6.07) is 2.27. The number of rotatable bonds is 14. The van der Waals surface area contributed by atoms with Crippen LogP contribution in [0.25, 0.3) is 0 Å². The minimum Gasteiger partial charge on any atom is -0.462 e. The van der Waals surface area contributed by atoms with Gasteiger partial charge in [-0.05, 0) is 73.3 Å². The molecule has 0 aliphatic heterocycles. The van der Waals surface area contributed by atoms with Crippen molar-refractivity contribution in [3.05, 3.63) is 53.4 Å². The van der Waals surface area contributed by atoms with Crippen LogP contribution in [0, 0.1) is 35.5 Å². The molecule has 0 N–H and O–H groups in total. The lowest BCUT2D eigenvalue weighted by Gasteiger charge is -2.22. The van der Waals surface area contributed by atoms with E-state index in [2.05, 4.69) is 13.8 Å². The minimum absolute atomic E-state index is 0.0483. The zero-order valence-corrected chi connectivity index (χ0v) is 31.3. The fourth-order valence-corrected chi connectivity index (χ4v) is 7.68. The minimum atomic E-state index is -1.64. The van der Waals surface area contributed by atoms with Crippen LogP contribution in [-0.2, 0) is 19.1 Å². The second kappa shape index (κ2) is 16.8. The van der Waals surface area contributed by atoms with Crippen molar-refractivity contribution in [1.82, 2.24) is 0 Å². The summed E-state index contributed by atoms with van der Waals surface area (Å²) in [6.45, 7) is 8.27. The first kappa shape index (κ1) is 38.9. The third kappa shape index (κ3) is 9.23. The molecule has 0 radical (unpaired) electrons. The number of hydrogen-bond acceptors (Lipinski definition) is 8. The van der Waals surface area contributed by atoms with Crippen molar-refractivity contribution in [1.29, 1.82) is 0 Å². The first-order valence-corrected chi connectivity index (χ1v) is 18.1. The Hall–Kier alpha value is -1.94. The Balaban J connectivity index is 1.52. The molecule has 4 unspecified atom stereocenters.